The third kappa shape index (κ3) is 3.54. The summed E-state index contributed by atoms with van der Waals surface area (Å²) < 4.78 is 5.55. The Morgan fingerprint density at radius 1 is 0.926 bits per heavy atom. The first-order valence-corrected chi connectivity index (χ1v) is 10.9. The quantitative estimate of drug-likeness (QED) is 0.819. The van der Waals surface area contributed by atoms with E-state index in [9.17, 15) is 4.79 Å². The Morgan fingerprint density at radius 3 is 2.30 bits per heavy atom. The van der Waals surface area contributed by atoms with Crippen LogP contribution in [-0.2, 0) is 9.53 Å². The molecule has 4 nitrogen and oxygen atoms in total. The number of likely N-dealkylation sites (tertiary alicyclic amines) is 2. The molecule has 5 rings (SSSR count). The number of carbonyl (C=O) groups is 1. The lowest BCUT2D eigenvalue weighted by Gasteiger charge is -2.51. The zero-order valence-corrected chi connectivity index (χ0v) is 16.3. The van der Waals surface area contributed by atoms with Gasteiger partial charge >= 0.3 is 0 Å². The summed E-state index contributed by atoms with van der Waals surface area (Å²) in [6, 6.07) is 11.8. The second-order valence-corrected chi connectivity index (χ2v) is 9.24. The van der Waals surface area contributed by atoms with Gasteiger partial charge in [-0.05, 0) is 69.0 Å². The van der Waals surface area contributed by atoms with Crippen LogP contribution in [0.4, 0.5) is 0 Å². The highest BCUT2D eigenvalue weighted by Gasteiger charge is 2.49. The van der Waals surface area contributed by atoms with Crippen LogP contribution in [-0.4, -0.2) is 60.6 Å². The molecule has 4 heteroatoms. The summed E-state index contributed by atoms with van der Waals surface area (Å²) in [6.07, 6.45) is 8.31. The molecule has 0 radical (unpaired) electrons. The largest absolute Gasteiger partial charge is 0.381 e. The van der Waals surface area contributed by atoms with Crippen molar-refractivity contribution in [3.63, 3.8) is 0 Å². The van der Waals surface area contributed by atoms with Crippen molar-refractivity contribution in [2.75, 3.05) is 32.8 Å². The van der Waals surface area contributed by atoms with Gasteiger partial charge in [-0.25, -0.2) is 0 Å². The van der Waals surface area contributed by atoms with Crippen molar-refractivity contribution in [1.29, 1.82) is 0 Å². The third-order valence-corrected chi connectivity index (χ3v) is 7.48. The fourth-order valence-electron chi connectivity index (χ4n) is 5.64. The number of hydrogen-bond acceptors (Lipinski definition) is 3. The van der Waals surface area contributed by atoms with Crippen molar-refractivity contribution < 1.29 is 9.53 Å². The number of amides is 1. The molecule has 1 aliphatic carbocycles. The Hall–Kier alpha value is -1.39. The smallest absolute Gasteiger partial charge is 0.230 e. The molecular formula is C23H32N2O2. The molecule has 0 bridgehead atoms. The Labute approximate surface area is 162 Å². The van der Waals surface area contributed by atoms with Crippen molar-refractivity contribution in [2.24, 2.45) is 5.41 Å². The van der Waals surface area contributed by atoms with Crippen LogP contribution in [0.1, 0.15) is 56.4 Å². The zero-order chi connectivity index (χ0) is 18.3. The van der Waals surface area contributed by atoms with E-state index >= 15 is 0 Å². The highest BCUT2D eigenvalue weighted by atomic mass is 16.5. The predicted molar refractivity (Wildman–Crippen MR) is 106 cm³/mol. The minimum absolute atomic E-state index is 0.0650. The average molecular weight is 369 g/mol. The van der Waals surface area contributed by atoms with E-state index in [-0.39, 0.29) is 5.92 Å². The molecule has 1 atom stereocenters. The van der Waals surface area contributed by atoms with Crippen LogP contribution < -0.4 is 0 Å². The number of rotatable bonds is 3. The second-order valence-electron chi connectivity index (χ2n) is 9.24. The summed E-state index contributed by atoms with van der Waals surface area (Å²) in [5, 5.41) is 0. The molecular weight excluding hydrogens is 336 g/mol. The molecule has 4 aliphatic rings. The molecule has 146 valence electrons. The van der Waals surface area contributed by atoms with Crippen molar-refractivity contribution in [2.45, 2.75) is 62.9 Å². The molecule has 4 fully saturated rings. The van der Waals surface area contributed by atoms with Crippen LogP contribution in [0.25, 0.3) is 0 Å². The highest BCUT2D eigenvalue weighted by Crippen LogP contribution is 2.48. The maximum absolute atomic E-state index is 13.2. The molecule has 0 aromatic heterocycles. The lowest BCUT2D eigenvalue weighted by atomic mass is 9.67. The fourth-order valence-corrected chi connectivity index (χ4v) is 5.64. The maximum atomic E-state index is 13.2. The molecule has 3 saturated heterocycles. The molecule has 1 saturated carbocycles. The Morgan fingerprint density at radius 2 is 1.63 bits per heavy atom. The molecule has 1 spiro atoms. The first-order chi connectivity index (χ1) is 13.2. The first-order valence-electron chi connectivity index (χ1n) is 10.9. The maximum Gasteiger partial charge on any atom is 0.230 e. The average Bonchev–Trinajstić information content (AvgIpc) is 3.57. The first kappa shape index (κ1) is 17.7. The van der Waals surface area contributed by atoms with Crippen molar-refractivity contribution in [3.05, 3.63) is 35.9 Å². The summed E-state index contributed by atoms with van der Waals surface area (Å²) in [7, 11) is 0. The van der Waals surface area contributed by atoms with Gasteiger partial charge in [-0.2, -0.15) is 0 Å². The van der Waals surface area contributed by atoms with E-state index in [4.69, 9.17) is 4.74 Å². The summed E-state index contributed by atoms with van der Waals surface area (Å²) in [5.41, 5.74) is 1.54. The number of carbonyl (C=O) groups excluding carboxylic acids is 1. The van der Waals surface area contributed by atoms with Gasteiger partial charge in [0.05, 0.1) is 5.92 Å². The van der Waals surface area contributed by atoms with Gasteiger partial charge in [0.1, 0.15) is 0 Å². The minimum Gasteiger partial charge on any atom is -0.381 e. The van der Waals surface area contributed by atoms with E-state index in [0.29, 0.717) is 23.4 Å². The van der Waals surface area contributed by atoms with Crippen LogP contribution in [0.2, 0.25) is 0 Å². The second kappa shape index (κ2) is 7.21. The van der Waals surface area contributed by atoms with Gasteiger partial charge in [0.15, 0.2) is 0 Å². The minimum atomic E-state index is 0.0650. The van der Waals surface area contributed by atoms with E-state index < -0.39 is 0 Å². The predicted octanol–water partition coefficient (Wildman–Crippen LogP) is 3.43. The van der Waals surface area contributed by atoms with E-state index in [1.165, 1.54) is 57.2 Å². The van der Waals surface area contributed by atoms with E-state index in [0.717, 1.165) is 26.2 Å². The van der Waals surface area contributed by atoms with Crippen molar-refractivity contribution >= 4 is 5.91 Å². The Kier molecular flexibility index (Phi) is 4.73. The topological polar surface area (TPSA) is 32.8 Å². The summed E-state index contributed by atoms with van der Waals surface area (Å²) in [6.45, 7) is 5.23. The highest BCUT2D eigenvalue weighted by molar-refractivity contribution is 5.85. The molecule has 0 N–H and O–H groups in total. The van der Waals surface area contributed by atoms with E-state index in [2.05, 4.69) is 40.1 Å². The van der Waals surface area contributed by atoms with Crippen molar-refractivity contribution in [3.8, 4) is 0 Å². The molecule has 1 amide bonds. The Balaban J connectivity index is 1.33. The zero-order valence-electron chi connectivity index (χ0n) is 16.3. The molecule has 3 aliphatic heterocycles. The monoisotopic (exact) mass is 368 g/mol. The number of hydrogen-bond donors (Lipinski definition) is 0. The number of benzene rings is 1. The lowest BCUT2D eigenvalue weighted by molar-refractivity contribution is -0.143. The molecule has 27 heavy (non-hydrogen) atoms. The van der Waals surface area contributed by atoms with Gasteiger partial charge in [0.2, 0.25) is 5.91 Å². The van der Waals surface area contributed by atoms with Gasteiger partial charge in [0, 0.05) is 31.8 Å². The van der Waals surface area contributed by atoms with Gasteiger partial charge < -0.3 is 14.5 Å². The summed E-state index contributed by atoms with van der Waals surface area (Å²) >= 11 is 0. The number of piperidine rings is 2. The van der Waals surface area contributed by atoms with Crippen LogP contribution in [0.15, 0.2) is 30.3 Å². The van der Waals surface area contributed by atoms with Gasteiger partial charge in [0.25, 0.3) is 0 Å². The SMILES string of the molecule is O=C1C(c2ccccc2)CC2(CCN(C3CCOCC3)CC2)CN1C1CC1. The number of ether oxygens (including phenoxy) is 1. The summed E-state index contributed by atoms with van der Waals surface area (Å²) in [4.78, 5) is 18.2. The Bertz CT molecular complexity index is 658. The van der Waals surface area contributed by atoms with Gasteiger partial charge in [-0.3, -0.25) is 4.79 Å². The van der Waals surface area contributed by atoms with Gasteiger partial charge in [-0.15, -0.1) is 0 Å². The van der Waals surface area contributed by atoms with Crippen molar-refractivity contribution in [1.82, 2.24) is 9.80 Å². The lowest BCUT2D eigenvalue weighted by Crippen LogP contribution is -2.56. The molecule has 1 aromatic carbocycles. The van der Waals surface area contributed by atoms with Crippen LogP contribution in [0.3, 0.4) is 0 Å². The van der Waals surface area contributed by atoms with Crippen LogP contribution >= 0.6 is 0 Å². The van der Waals surface area contributed by atoms with E-state index in [1.807, 2.05) is 0 Å². The summed E-state index contributed by atoms with van der Waals surface area (Å²) in [5.74, 6) is 0.455. The molecule has 1 unspecified atom stereocenters. The van der Waals surface area contributed by atoms with Crippen LogP contribution in [0.5, 0.6) is 0 Å². The third-order valence-electron chi connectivity index (χ3n) is 7.48. The molecule has 3 heterocycles. The molecule has 1 aromatic rings. The number of nitrogens with zero attached hydrogens (tertiary/aromatic N) is 2. The fraction of sp³-hybridized carbons (Fsp3) is 0.696. The normalized spacial score (nSPS) is 30.0. The van der Waals surface area contributed by atoms with E-state index in [1.54, 1.807) is 0 Å². The standard InChI is InChI=1S/C23H32N2O2/c26-22-21(18-4-2-1-3-5-18)16-23(17-25(22)20-6-7-20)10-12-24(13-11-23)19-8-14-27-15-9-19/h1-5,19-21H,6-17H2. The van der Waals surface area contributed by atoms with Gasteiger partial charge in [-0.1, -0.05) is 30.3 Å². The van der Waals surface area contributed by atoms with Crippen LogP contribution in [0, 0.1) is 5.41 Å².